The van der Waals surface area contributed by atoms with Crippen LogP contribution in [-0.2, 0) is 9.47 Å². The summed E-state index contributed by atoms with van der Waals surface area (Å²) in [5.41, 5.74) is 1.57. The molecule has 2 aliphatic rings. The summed E-state index contributed by atoms with van der Waals surface area (Å²) in [4.78, 5) is 10.6. The van der Waals surface area contributed by atoms with E-state index < -0.39 is 24.4 Å². The Kier molecular flexibility index (Phi) is 4.06. The van der Waals surface area contributed by atoms with Gasteiger partial charge in [0.25, 0.3) is 0 Å². The Morgan fingerprint density at radius 1 is 1.17 bits per heavy atom. The number of nitrogens with one attached hydrogen (secondary N) is 1. The van der Waals surface area contributed by atoms with E-state index in [-0.39, 0.29) is 6.61 Å². The third-order valence-corrected chi connectivity index (χ3v) is 4.48. The van der Waals surface area contributed by atoms with Gasteiger partial charge in [0.1, 0.15) is 36.3 Å². The van der Waals surface area contributed by atoms with Crippen LogP contribution in [-0.4, -0.2) is 86.7 Å². The average molecular weight is 337 g/mol. The van der Waals surface area contributed by atoms with Crippen LogP contribution in [0.5, 0.6) is 0 Å². The molecule has 4 rings (SSSR count). The number of aliphatic hydroxyl groups is 3. The number of aliphatic hydroxyl groups excluding tert-OH is 3. The van der Waals surface area contributed by atoms with Gasteiger partial charge in [-0.1, -0.05) is 0 Å². The number of hydrogen-bond acceptors (Lipinski definition) is 9. The predicted molar refractivity (Wildman–Crippen MR) is 81.4 cm³/mol. The molecular weight excluding hydrogens is 318 g/mol. The second-order valence-corrected chi connectivity index (χ2v) is 5.89. The minimum Gasteiger partial charge on any atom is -0.394 e. The molecule has 0 unspecified atom stereocenters. The van der Waals surface area contributed by atoms with Gasteiger partial charge in [0.2, 0.25) is 0 Å². The number of aromatic nitrogens is 4. The van der Waals surface area contributed by atoms with Gasteiger partial charge in [-0.05, 0) is 0 Å². The molecule has 0 bridgehead atoms. The third-order valence-electron chi connectivity index (χ3n) is 4.48. The molecule has 10 heteroatoms. The van der Waals surface area contributed by atoms with E-state index in [0.29, 0.717) is 48.8 Å². The van der Waals surface area contributed by atoms with E-state index >= 15 is 0 Å². The molecule has 0 spiro atoms. The van der Waals surface area contributed by atoms with Crippen molar-refractivity contribution in [3.63, 3.8) is 0 Å². The lowest BCUT2D eigenvalue weighted by Gasteiger charge is -2.27. The van der Waals surface area contributed by atoms with Gasteiger partial charge in [-0.25, -0.2) is 9.97 Å². The zero-order valence-corrected chi connectivity index (χ0v) is 12.9. The molecule has 2 aromatic heterocycles. The van der Waals surface area contributed by atoms with Crippen molar-refractivity contribution in [2.75, 3.05) is 37.8 Å². The highest BCUT2D eigenvalue weighted by atomic mass is 16.6. The Bertz CT molecular complexity index is 719. The van der Waals surface area contributed by atoms with Crippen LogP contribution in [0.2, 0.25) is 0 Å². The van der Waals surface area contributed by atoms with Gasteiger partial charge in [-0.2, -0.15) is 5.10 Å². The maximum absolute atomic E-state index is 10.2. The molecule has 2 fully saturated rings. The highest BCUT2D eigenvalue weighted by molar-refractivity contribution is 5.87. The first-order valence-corrected chi connectivity index (χ1v) is 7.85. The van der Waals surface area contributed by atoms with Gasteiger partial charge in [-0.3, -0.25) is 5.10 Å². The quantitative estimate of drug-likeness (QED) is 0.519. The van der Waals surface area contributed by atoms with Crippen molar-refractivity contribution < 1.29 is 24.8 Å². The van der Waals surface area contributed by atoms with E-state index in [2.05, 4.69) is 25.1 Å². The van der Waals surface area contributed by atoms with Crippen molar-refractivity contribution in [3.05, 3.63) is 12.0 Å². The van der Waals surface area contributed by atoms with Gasteiger partial charge in [0, 0.05) is 13.1 Å². The number of anilines is 1. The van der Waals surface area contributed by atoms with Gasteiger partial charge >= 0.3 is 0 Å². The normalized spacial score (nSPS) is 31.0. The molecule has 0 radical (unpaired) electrons. The number of morpholine rings is 1. The van der Waals surface area contributed by atoms with E-state index in [1.54, 1.807) is 0 Å². The van der Waals surface area contributed by atoms with Crippen LogP contribution in [0, 0.1) is 0 Å². The van der Waals surface area contributed by atoms with E-state index in [4.69, 9.17) is 9.47 Å². The monoisotopic (exact) mass is 337 g/mol. The molecule has 4 N–H and O–H groups in total. The molecule has 2 aliphatic heterocycles. The predicted octanol–water partition coefficient (Wildman–Crippen LogP) is -1.66. The smallest absolute Gasteiger partial charge is 0.160 e. The first-order valence-electron chi connectivity index (χ1n) is 7.85. The molecule has 0 amide bonds. The lowest BCUT2D eigenvalue weighted by molar-refractivity contribution is -0.0236. The van der Waals surface area contributed by atoms with Gasteiger partial charge in [0.15, 0.2) is 11.3 Å². The highest BCUT2D eigenvalue weighted by Crippen LogP contribution is 2.36. The number of fused-ring (bicyclic) bond motifs is 1. The van der Waals surface area contributed by atoms with Crippen molar-refractivity contribution in [3.8, 4) is 0 Å². The van der Waals surface area contributed by atoms with Gasteiger partial charge in [-0.15, -0.1) is 0 Å². The lowest BCUT2D eigenvalue weighted by atomic mass is 10.1. The largest absolute Gasteiger partial charge is 0.394 e. The van der Waals surface area contributed by atoms with E-state index in [1.165, 1.54) is 6.33 Å². The minimum atomic E-state index is -1.17. The second-order valence-electron chi connectivity index (χ2n) is 5.89. The summed E-state index contributed by atoms with van der Waals surface area (Å²) >= 11 is 0. The van der Waals surface area contributed by atoms with E-state index in [0.717, 1.165) is 0 Å². The highest BCUT2D eigenvalue weighted by Gasteiger charge is 2.44. The zero-order valence-electron chi connectivity index (χ0n) is 12.9. The summed E-state index contributed by atoms with van der Waals surface area (Å²) in [5, 5.41) is 36.5. The van der Waals surface area contributed by atoms with Crippen molar-refractivity contribution in [1.29, 1.82) is 0 Å². The lowest BCUT2D eigenvalue weighted by Crippen LogP contribution is -2.36. The second kappa shape index (κ2) is 6.22. The molecule has 130 valence electrons. The Balaban J connectivity index is 1.71. The Labute approximate surface area is 137 Å². The van der Waals surface area contributed by atoms with Crippen LogP contribution >= 0.6 is 0 Å². The molecule has 4 heterocycles. The summed E-state index contributed by atoms with van der Waals surface area (Å²) in [6.45, 7) is 2.29. The fourth-order valence-electron chi connectivity index (χ4n) is 3.18. The molecule has 24 heavy (non-hydrogen) atoms. The summed E-state index contributed by atoms with van der Waals surface area (Å²) < 4.78 is 10.9. The Morgan fingerprint density at radius 3 is 2.67 bits per heavy atom. The molecular formula is C14H19N5O5. The van der Waals surface area contributed by atoms with Gasteiger partial charge < -0.3 is 29.7 Å². The number of H-pyrrole nitrogens is 1. The fourth-order valence-corrected chi connectivity index (χ4v) is 3.18. The summed E-state index contributed by atoms with van der Waals surface area (Å²) in [7, 11) is 0. The minimum absolute atomic E-state index is 0.380. The van der Waals surface area contributed by atoms with Crippen LogP contribution in [0.3, 0.4) is 0 Å². The molecule has 2 aromatic rings. The maximum Gasteiger partial charge on any atom is 0.160 e. The average Bonchev–Trinajstić information content (AvgIpc) is 3.17. The number of nitrogens with zero attached hydrogens (tertiary/aromatic N) is 4. The fraction of sp³-hybridized carbons (Fsp3) is 0.643. The Morgan fingerprint density at radius 2 is 1.96 bits per heavy atom. The van der Waals surface area contributed by atoms with Crippen molar-refractivity contribution in [1.82, 2.24) is 20.2 Å². The summed E-state index contributed by atoms with van der Waals surface area (Å²) in [6.07, 6.45) is -2.59. The standard InChI is InChI=1S/C14H19N5O5/c20-5-7-11(21)12(22)13(24-7)9-8-10(18-17-9)14(16-6-15-8)19-1-3-23-4-2-19/h6-7,11-13,20-22H,1-5H2,(H,17,18)/t7-,11-,12-,13+/m1/s1. The van der Waals surface area contributed by atoms with Crippen LogP contribution < -0.4 is 4.90 Å². The van der Waals surface area contributed by atoms with Crippen molar-refractivity contribution >= 4 is 16.9 Å². The van der Waals surface area contributed by atoms with E-state index in [9.17, 15) is 15.3 Å². The zero-order chi connectivity index (χ0) is 16.7. The maximum atomic E-state index is 10.2. The number of ether oxygens (including phenoxy) is 2. The molecule has 4 atom stereocenters. The molecule has 10 nitrogen and oxygen atoms in total. The summed E-state index contributed by atoms with van der Waals surface area (Å²) in [5.74, 6) is 0.692. The van der Waals surface area contributed by atoms with Crippen molar-refractivity contribution in [2.45, 2.75) is 24.4 Å². The first kappa shape index (κ1) is 15.7. The topological polar surface area (TPSA) is 137 Å². The van der Waals surface area contributed by atoms with Crippen LogP contribution in [0.4, 0.5) is 5.82 Å². The SMILES string of the molecule is OC[C@H]1O[C@@H](c2[nH]nc3c(N4CCOCC4)ncnc23)[C@H](O)[C@@H]1O. The van der Waals surface area contributed by atoms with Crippen LogP contribution in [0.25, 0.3) is 11.0 Å². The summed E-state index contributed by atoms with van der Waals surface area (Å²) in [6, 6.07) is 0. The third kappa shape index (κ3) is 2.43. The first-order chi connectivity index (χ1) is 11.7. The van der Waals surface area contributed by atoms with Crippen molar-refractivity contribution in [2.24, 2.45) is 0 Å². The van der Waals surface area contributed by atoms with Crippen LogP contribution in [0.1, 0.15) is 11.8 Å². The Hall–Kier alpha value is -1.85. The van der Waals surface area contributed by atoms with Gasteiger partial charge in [0.05, 0.1) is 25.5 Å². The molecule has 0 aromatic carbocycles. The number of hydrogen-bond donors (Lipinski definition) is 4. The molecule has 0 aliphatic carbocycles. The van der Waals surface area contributed by atoms with Crippen LogP contribution in [0.15, 0.2) is 6.33 Å². The molecule has 0 saturated carbocycles. The number of aromatic amines is 1. The molecule has 2 saturated heterocycles. The number of rotatable bonds is 3. The van der Waals surface area contributed by atoms with E-state index in [1.807, 2.05) is 0 Å².